The summed E-state index contributed by atoms with van der Waals surface area (Å²) < 4.78 is 26.4. The average Bonchev–Trinajstić information content (AvgIpc) is 2.26. The van der Waals surface area contributed by atoms with Gasteiger partial charge in [-0.3, -0.25) is 0 Å². The standard InChI is InChI=1S/C12H16BrNO3S/c1-10(15)5-7-14-18(16,17)8-6-11-3-2-4-12(13)9-11/h2-4,6,8-10,14-15H,5,7H2,1H3/b8-6+. The van der Waals surface area contributed by atoms with Crippen LogP contribution in [0.25, 0.3) is 6.08 Å². The van der Waals surface area contributed by atoms with Gasteiger partial charge in [-0.25, -0.2) is 13.1 Å². The van der Waals surface area contributed by atoms with Crippen LogP contribution in [0.2, 0.25) is 0 Å². The van der Waals surface area contributed by atoms with Gasteiger partial charge in [-0.1, -0.05) is 28.1 Å². The Labute approximate surface area is 116 Å². The van der Waals surface area contributed by atoms with Gasteiger partial charge >= 0.3 is 0 Å². The third-order valence-corrected chi connectivity index (χ3v) is 3.75. The highest BCUT2D eigenvalue weighted by Crippen LogP contribution is 2.13. The maximum Gasteiger partial charge on any atom is 0.233 e. The van der Waals surface area contributed by atoms with Crippen molar-refractivity contribution in [2.75, 3.05) is 6.54 Å². The van der Waals surface area contributed by atoms with E-state index in [1.165, 1.54) is 6.08 Å². The van der Waals surface area contributed by atoms with Crippen LogP contribution < -0.4 is 4.72 Å². The minimum Gasteiger partial charge on any atom is -0.393 e. The third-order valence-electron chi connectivity index (χ3n) is 2.15. The Morgan fingerprint density at radius 3 is 2.83 bits per heavy atom. The molecule has 1 aromatic carbocycles. The number of benzene rings is 1. The predicted octanol–water partition coefficient (Wildman–Crippen LogP) is 2.11. The smallest absolute Gasteiger partial charge is 0.233 e. The fourth-order valence-electron chi connectivity index (χ4n) is 1.24. The van der Waals surface area contributed by atoms with E-state index in [-0.39, 0.29) is 6.54 Å². The molecule has 0 spiro atoms. The van der Waals surface area contributed by atoms with E-state index >= 15 is 0 Å². The van der Waals surface area contributed by atoms with E-state index in [0.29, 0.717) is 6.42 Å². The molecule has 6 heteroatoms. The molecule has 1 atom stereocenters. The van der Waals surface area contributed by atoms with Gasteiger partial charge in [-0.2, -0.15) is 0 Å². The van der Waals surface area contributed by atoms with Gasteiger partial charge in [0, 0.05) is 16.4 Å². The van der Waals surface area contributed by atoms with E-state index in [4.69, 9.17) is 5.11 Å². The van der Waals surface area contributed by atoms with Crippen LogP contribution in [0.4, 0.5) is 0 Å². The van der Waals surface area contributed by atoms with Crippen molar-refractivity contribution in [3.05, 3.63) is 39.7 Å². The maximum absolute atomic E-state index is 11.6. The summed E-state index contributed by atoms with van der Waals surface area (Å²) in [5.41, 5.74) is 0.797. The molecule has 100 valence electrons. The molecule has 1 rings (SSSR count). The van der Waals surface area contributed by atoms with Crippen molar-refractivity contribution in [2.24, 2.45) is 0 Å². The Kier molecular flexibility index (Phi) is 6.01. The first-order valence-electron chi connectivity index (χ1n) is 5.50. The molecule has 0 saturated carbocycles. The van der Waals surface area contributed by atoms with Crippen LogP contribution in [0.5, 0.6) is 0 Å². The van der Waals surface area contributed by atoms with Gasteiger partial charge in [-0.05, 0) is 37.1 Å². The Bertz CT molecular complexity index is 512. The summed E-state index contributed by atoms with van der Waals surface area (Å²) in [7, 11) is -3.45. The normalized spacial score (nSPS) is 13.9. The highest BCUT2D eigenvalue weighted by atomic mass is 79.9. The van der Waals surface area contributed by atoms with Crippen molar-refractivity contribution in [1.82, 2.24) is 4.72 Å². The number of rotatable bonds is 6. The lowest BCUT2D eigenvalue weighted by molar-refractivity contribution is 0.186. The highest BCUT2D eigenvalue weighted by Gasteiger charge is 2.05. The van der Waals surface area contributed by atoms with Gasteiger partial charge in [0.2, 0.25) is 10.0 Å². The molecule has 18 heavy (non-hydrogen) atoms. The molecule has 4 nitrogen and oxygen atoms in total. The van der Waals surface area contributed by atoms with E-state index in [1.807, 2.05) is 24.3 Å². The van der Waals surface area contributed by atoms with Gasteiger partial charge < -0.3 is 5.11 Å². The first-order chi connectivity index (χ1) is 8.39. The average molecular weight is 334 g/mol. The second-order valence-electron chi connectivity index (χ2n) is 3.93. The first kappa shape index (κ1) is 15.4. The minimum absolute atomic E-state index is 0.225. The molecule has 0 heterocycles. The van der Waals surface area contributed by atoms with Crippen LogP contribution in [0.1, 0.15) is 18.9 Å². The van der Waals surface area contributed by atoms with Gasteiger partial charge in [-0.15, -0.1) is 0 Å². The fourth-order valence-corrected chi connectivity index (χ4v) is 2.49. The summed E-state index contributed by atoms with van der Waals surface area (Å²) in [5.74, 6) is 0. The molecular weight excluding hydrogens is 318 g/mol. The molecule has 0 aliphatic rings. The van der Waals surface area contributed by atoms with E-state index in [9.17, 15) is 8.42 Å². The molecule has 0 aromatic heterocycles. The molecular formula is C12H16BrNO3S. The number of sulfonamides is 1. The first-order valence-corrected chi connectivity index (χ1v) is 7.84. The van der Waals surface area contributed by atoms with Gasteiger partial charge in [0.15, 0.2) is 0 Å². The highest BCUT2D eigenvalue weighted by molar-refractivity contribution is 9.10. The van der Waals surface area contributed by atoms with Crippen LogP contribution in [0.3, 0.4) is 0 Å². The molecule has 0 fully saturated rings. The minimum atomic E-state index is -3.45. The second-order valence-corrected chi connectivity index (χ2v) is 6.50. The Morgan fingerprint density at radius 1 is 1.50 bits per heavy atom. The molecule has 2 N–H and O–H groups in total. The molecule has 0 bridgehead atoms. The zero-order valence-electron chi connectivity index (χ0n) is 10.0. The molecule has 0 aliphatic heterocycles. The topological polar surface area (TPSA) is 66.4 Å². The second kappa shape index (κ2) is 7.04. The largest absolute Gasteiger partial charge is 0.393 e. The summed E-state index contributed by atoms with van der Waals surface area (Å²) in [6, 6.07) is 7.33. The molecule has 0 radical (unpaired) electrons. The van der Waals surface area contributed by atoms with E-state index in [1.54, 1.807) is 6.92 Å². The Morgan fingerprint density at radius 2 is 2.22 bits per heavy atom. The van der Waals surface area contributed by atoms with Crippen LogP contribution in [-0.2, 0) is 10.0 Å². The van der Waals surface area contributed by atoms with Crippen LogP contribution in [-0.4, -0.2) is 26.2 Å². The Hall–Kier alpha value is -0.690. The van der Waals surface area contributed by atoms with Crippen LogP contribution >= 0.6 is 15.9 Å². The summed E-state index contributed by atoms with van der Waals surface area (Å²) in [6.45, 7) is 1.84. The number of hydrogen-bond acceptors (Lipinski definition) is 3. The van der Waals surface area contributed by atoms with Crippen LogP contribution in [0.15, 0.2) is 34.1 Å². The summed E-state index contributed by atoms with van der Waals surface area (Å²) in [5, 5.41) is 10.2. The van der Waals surface area contributed by atoms with Crippen molar-refractivity contribution < 1.29 is 13.5 Å². The summed E-state index contributed by atoms with van der Waals surface area (Å²) in [6.07, 6.45) is 1.40. The van der Waals surface area contributed by atoms with Gasteiger partial charge in [0.1, 0.15) is 0 Å². The SMILES string of the molecule is CC(O)CCNS(=O)(=O)/C=C/c1cccc(Br)c1. The number of aliphatic hydroxyl groups excluding tert-OH is 1. The Balaban J connectivity index is 2.60. The monoisotopic (exact) mass is 333 g/mol. The van der Waals surface area contributed by atoms with Crippen molar-refractivity contribution in [1.29, 1.82) is 0 Å². The fraction of sp³-hybridized carbons (Fsp3) is 0.333. The lowest BCUT2D eigenvalue weighted by Gasteiger charge is -2.04. The van der Waals surface area contributed by atoms with Gasteiger partial charge in [0.25, 0.3) is 0 Å². The molecule has 1 aromatic rings. The quantitative estimate of drug-likeness (QED) is 0.837. The number of nitrogens with one attached hydrogen (secondary N) is 1. The maximum atomic E-state index is 11.6. The zero-order valence-corrected chi connectivity index (χ0v) is 12.4. The number of hydrogen-bond donors (Lipinski definition) is 2. The van der Waals surface area contributed by atoms with E-state index in [2.05, 4.69) is 20.7 Å². The summed E-state index contributed by atoms with van der Waals surface area (Å²) in [4.78, 5) is 0. The zero-order chi connectivity index (χ0) is 13.6. The van der Waals surface area contributed by atoms with Gasteiger partial charge in [0.05, 0.1) is 6.10 Å². The molecule has 0 amide bonds. The summed E-state index contributed by atoms with van der Waals surface area (Å²) >= 11 is 3.31. The lowest BCUT2D eigenvalue weighted by Crippen LogP contribution is -2.24. The predicted molar refractivity (Wildman–Crippen MR) is 76.4 cm³/mol. The van der Waals surface area contributed by atoms with Crippen molar-refractivity contribution in [3.8, 4) is 0 Å². The lowest BCUT2D eigenvalue weighted by atomic mass is 10.2. The van der Waals surface area contributed by atoms with Crippen molar-refractivity contribution in [3.63, 3.8) is 0 Å². The number of halogens is 1. The molecule has 1 unspecified atom stereocenters. The van der Waals surface area contributed by atoms with Crippen molar-refractivity contribution in [2.45, 2.75) is 19.4 Å². The molecule has 0 saturated heterocycles. The van der Waals surface area contributed by atoms with E-state index in [0.717, 1.165) is 15.4 Å². The molecule has 0 aliphatic carbocycles. The number of aliphatic hydroxyl groups is 1. The third kappa shape index (κ3) is 6.30. The van der Waals surface area contributed by atoms with E-state index < -0.39 is 16.1 Å². The van der Waals surface area contributed by atoms with Crippen LogP contribution in [0, 0.1) is 0 Å². The van der Waals surface area contributed by atoms with Crippen molar-refractivity contribution >= 4 is 32.0 Å².